The summed E-state index contributed by atoms with van der Waals surface area (Å²) in [4.78, 5) is 9.97. The lowest BCUT2D eigenvalue weighted by molar-refractivity contribution is 1.00. The molecule has 0 saturated carbocycles. The number of para-hydroxylation sites is 3. The Morgan fingerprint density at radius 1 is 0.524 bits per heavy atom. The van der Waals surface area contributed by atoms with Gasteiger partial charge in [-0.05, 0) is 47.2 Å². The van der Waals surface area contributed by atoms with Gasteiger partial charge in [0.05, 0.1) is 33.1 Å². The number of aromatic nitrogens is 4. The smallest absolute Gasteiger partial charge is 0.236 e. The van der Waals surface area contributed by atoms with E-state index in [1.165, 1.54) is 48.9 Å². The predicted molar refractivity (Wildman–Crippen MR) is 171 cm³/mol. The number of hydrogen-bond donors (Lipinski definition) is 0. The molecule has 192 valence electrons. The summed E-state index contributed by atoms with van der Waals surface area (Å²) in [6, 6.07) is 42.6. The molecule has 0 N–H and O–H groups in total. The lowest BCUT2D eigenvalue weighted by Crippen LogP contribution is -2.04. The van der Waals surface area contributed by atoms with Gasteiger partial charge in [0.25, 0.3) is 0 Å². The van der Waals surface area contributed by atoms with E-state index in [0.717, 1.165) is 32.7 Å². The minimum Gasteiger partial charge on any atom is -0.308 e. The summed E-state index contributed by atoms with van der Waals surface area (Å²) < 4.78 is 4.58. The first-order chi connectivity index (χ1) is 20.8. The minimum atomic E-state index is 0.374. The highest BCUT2D eigenvalue weighted by Crippen LogP contribution is 2.47. The Bertz CT molecular complexity index is 2810. The van der Waals surface area contributed by atoms with Gasteiger partial charge in [0, 0.05) is 37.7 Å². The van der Waals surface area contributed by atoms with Gasteiger partial charge in [-0.2, -0.15) is 5.26 Å². The van der Waals surface area contributed by atoms with Crippen LogP contribution in [-0.2, 0) is 0 Å². The number of hydrogen-bond acceptors (Lipinski definition) is 3. The quantitative estimate of drug-likeness (QED) is 0.212. The number of rotatable bonds is 1. The van der Waals surface area contributed by atoms with Crippen molar-refractivity contribution >= 4 is 81.6 Å². The van der Waals surface area contributed by atoms with Crippen LogP contribution in [0.1, 0.15) is 5.69 Å². The van der Waals surface area contributed by atoms with Crippen LogP contribution in [0.15, 0.2) is 115 Å². The summed E-state index contributed by atoms with van der Waals surface area (Å²) in [6.45, 7) is 0. The molecule has 4 aromatic heterocycles. The molecule has 0 spiro atoms. The summed E-state index contributed by atoms with van der Waals surface area (Å²) in [5, 5.41) is 20.4. The van der Waals surface area contributed by atoms with E-state index in [2.05, 4.69) is 106 Å². The molecule has 0 aliphatic carbocycles. The van der Waals surface area contributed by atoms with Crippen molar-refractivity contribution in [3.63, 3.8) is 0 Å². The highest BCUT2D eigenvalue weighted by Gasteiger charge is 2.26. The largest absolute Gasteiger partial charge is 0.308 e. The number of nitrogens with zero attached hydrogens (tertiary/aromatic N) is 5. The highest BCUT2D eigenvalue weighted by atomic mass is 15.2. The SMILES string of the molecule is N#Cc1nc(-n2c3ccc4ccccc4c3c3cc4c5ccccc5n5c6ccccc6c(c32)c45)nc2ccccc12. The molecule has 0 bridgehead atoms. The van der Waals surface area contributed by atoms with E-state index in [0.29, 0.717) is 11.6 Å². The van der Waals surface area contributed by atoms with Crippen LogP contribution in [0.2, 0.25) is 0 Å². The van der Waals surface area contributed by atoms with Gasteiger partial charge in [-0.1, -0.05) is 78.9 Å². The van der Waals surface area contributed by atoms with Gasteiger partial charge in [0.2, 0.25) is 5.95 Å². The monoisotopic (exact) mass is 533 g/mol. The summed E-state index contributed by atoms with van der Waals surface area (Å²) in [5.74, 6) is 0.503. The van der Waals surface area contributed by atoms with Gasteiger partial charge in [-0.25, -0.2) is 9.97 Å². The van der Waals surface area contributed by atoms with E-state index in [4.69, 9.17) is 9.97 Å². The van der Waals surface area contributed by atoms with Crippen molar-refractivity contribution in [1.82, 2.24) is 18.9 Å². The molecule has 0 amide bonds. The van der Waals surface area contributed by atoms with Gasteiger partial charge < -0.3 is 4.40 Å². The maximum absolute atomic E-state index is 10.1. The third kappa shape index (κ3) is 2.53. The summed E-state index contributed by atoms with van der Waals surface area (Å²) >= 11 is 0. The van der Waals surface area contributed by atoms with E-state index >= 15 is 0 Å². The molecule has 10 rings (SSSR count). The van der Waals surface area contributed by atoms with E-state index in [-0.39, 0.29) is 0 Å². The predicted octanol–water partition coefficient (Wildman–Crippen LogP) is 8.90. The zero-order valence-electron chi connectivity index (χ0n) is 22.2. The van der Waals surface area contributed by atoms with Crippen LogP contribution >= 0.6 is 0 Å². The molecular formula is C37H19N5. The van der Waals surface area contributed by atoms with Crippen molar-refractivity contribution in [1.29, 1.82) is 5.26 Å². The maximum atomic E-state index is 10.1. The van der Waals surface area contributed by atoms with Crippen LogP contribution in [0.3, 0.4) is 0 Å². The van der Waals surface area contributed by atoms with Crippen LogP contribution in [0.4, 0.5) is 0 Å². The molecule has 6 aromatic carbocycles. The van der Waals surface area contributed by atoms with E-state index < -0.39 is 0 Å². The van der Waals surface area contributed by atoms with Crippen LogP contribution in [0.5, 0.6) is 0 Å². The molecule has 0 aliphatic rings. The van der Waals surface area contributed by atoms with Gasteiger partial charge in [0.15, 0.2) is 5.69 Å². The van der Waals surface area contributed by atoms with Crippen molar-refractivity contribution in [3.8, 4) is 12.0 Å². The molecule has 0 saturated heterocycles. The van der Waals surface area contributed by atoms with Crippen molar-refractivity contribution in [2.75, 3.05) is 0 Å². The Morgan fingerprint density at radius 3 is 2.05 bits per heavy atom. The molecule has 10 aromatic rings. The zero-order chi connectivity index (χ0) is 27.5. The first-order valence-electron chi connectivity index (χ1n) is 14.0. The number of benzene rings is 6. The van der Waals surface area contributed by atoms with E-state index in [1.807, 2.05) is 24.3 Å². The Labute approximate surface area is 238 Å². The topological polar surface area (TPSA) is 58.9 Å². The average molecular weight is 534 g/mol. The normalized spacial score (nSPS) is 12.3. The minimum absolute atomic E-state index is 0.374. The van der Waals surface area contributed by atoms with Crippen molar-refractivity contribution in [2.45, 2.75) is 0 Å². The molecule has 5 nitrogen and oxygen atoms in total. The average Bonchev–Trinajstić information content (AvgIpc) is 3.68. The molecule has 5 heteroatoms. The third-order valence-corrected chi connectivity index (χ3v) is 8.88. The molecule has 0 radical (unpaired) electrons. The van der Waals surface area contributed by atoms with Gasteiger partial charge in [-0.15, -0.1) is 0 Å². The Morgan fingerprint density at radius 2 is 1.21 bits per heavy atom. The van der Waals surface area contributed by atoms with E-state index in [1.54, 1.807) is 0 Å². The second-order valence-corrected chi connectivity index (χ2v) is 10.9. The summed E-state index contributed by atoms with van der Waals surface area (Å²) in [6.07, 6.45) is 0. The fraction of sp³-hybridized carbons (Fsp3) is 0. The molecule has 0 unspecified atom stereocenters. The zero-order valence-corrected chi connectivity index (χ0v) is 22.2. The molecule has 0 fully saturated rings. The second kappa shape index (κ2) is 7.60. The van der Waals surface area contributed by atoms with E-state index in [9.17, 15) is 5.26 Å². The standard InChI is InChI=1S/C37H19N5/c38-20-29-24-12-3-6-14-28(24)39-37(40-29)42-32-18-17-21-9-1-2-10-22(21)33(32)27-19-26-23-11-4-7-15-30(23)41-31-16-8-5-13-25(31)34(35(26)41)36(27)42/h1-19H. The Balaban J connectivity index is 1.55. The number of nitriles is 1. The van der Waals surface area contributed by atoms with Gasteiger partial charge >= 0.3 is 0 Å². The molecular weight excluding hydrogens is 514 g/mol. The molecule has 0 atom stereocenters. The maximum Gasteiger partial charge on any atom is 0.236 e. The van der Waals surface area contributed by atoms with Crippen LogP contribution in [0.25, 0.3) is 87.5 Å². The lowest BCUT2D eigenvalue weighted by atomic mass is 10.0. The van der Waals surface area contributed by atoms with Crippen molar-refractivity contribution in [2.24, 2.45) is 0 Å². The molecule has 4 heterocycles. The Hall–Kier alpha value is -5.99. The van der Waals surface area contributed by atoms with Crippen LogP contribution < -0.4 is 0 Å². The third-order valence-electron chi connectivity index (χ3n) is 8.88. The first kappa shape index (κ1) is 21.8. The van der Waals surface area contributed by atoms with Crippen LogP contribution in [0, 0.1) is 11.3 Å². The van der Waals surface area contributed by atoms with Crippen molar-refractivity contribution < 1.29 is 0 Å². The summed E-state index contributed by atoms with van der Waals surface area (Å²) in [7, 11) is 0. The fourth-order valence-electron chi connectivity index (χ4n) is 7.23. The first-order valence-corrected chi connectivity index (χ1v) is 14.0. The van der Waals surface area contributed by atoms with Gasteiger partial charge in [-0.3, -0.25) is 4.57 Å². The number of fused-ring (bicyclic) bond motifs is 13. The molecule has 0 aliphatic heterocycles. The van der Waals surface area contributed by atoms with Crippen molar-refractivity contribution in [3.05, 3.63) is 121 Å². The second-order valence-electron chi connectivity index (χ2n) is 10.9. The fourth-order valence-corrected chi connectivity index (χ4v) is 7.23. The highest BCUT2D eigenvalue weighted by molar-refractivity contribution is 6.36. The molecule has 42 heavy (non-hydrogen) atoms. The van der Waals surface area contributed by atoms with Crippen LogP contribution in [-0.4, -0.2) is 18.9 Å². The Kier molecular flexibility index (Phi) is 3.94. The van der Waals surface area contributed by atoms with Gasteiger partial charge in [0.1, 0.15) is 6.07 Å². The lowest BCUT2D eigenvalue weighted by Gasteiger charge is -2.09. The summed E-state index contributed by atoms with van der Waals surface area (Å²) in [5.41, 5.74) is 6.76.